The molecule has 5 nitrogen and oxygen atoms in total. The van der Waals surface area contributed by atoms with E-state index < -0.39 is 0 Å². The number of hydrogen-bond donors (Lipinski definition) is 0. The molecule has 1 aliphatic carbocycles. The van der Waals surface area contributed by atoms with Crippen molar-refractivity contribution < 1.29 is 9.47 Å². The first kappa shape index (κ1) is 16.8. The summed E-state index contributed by atoms with van der Waals surface area (Å²) in [6, 6.07) is 15.6. The van der Waals surface area contributed by atoms with Crippen molar-refractivity contribution in [2.24, 2.45) is 0 Å². The number of nitriles is 2. The van der Waals surface area contributed by atoms with Crippen LogP contribution in [0.3, 0.4) is 0 Å². The molecule has 1 aliphatic rings. The van der Waals surface area contributed by atoms with Crippen LogP contribution in [0.25, 0.3) is 22.7 Å². The molecule has 5 heteroatoms. The molecule has 3 aromatic rings. The fourth-order valence-electron chi connectivity index (χ4n) is 3.74. The molecular formula is C22H17N3O2. The predicted molar refractivity (Wildman–Crippen MR) is 103 cm³/mol. The topological polar surface area (TPSA) is 71.0 Å². The number of aromatic nitrogens is 1. The maximum absolute atomic E-state index is 9.65. The zero-order valence-electron chi connectivity index (χ0n) is 15.1. The largest absolute Gasteiger partial charge is 0.501 e. The molecule has 0 radical (unpaired) electrons. The number of hydrogen-bond acceptors (Lipinski definition) is 4. The SMILES string of the molecule is COC1=Cc2c(n(-c3c(C#N)cccc3C#N)c3ccc(OC)cc23)CC1. The van der Waals surface area contributed by atoms with Gasteiger partial charge in [0, 0.05) is 23.1 Å². The average Bonchev–Trinajstić information content (AvgIpc) is 3.05. The second-order valence-electron chi connectivity index (χ2n) is 6.32. The molecule has 132 valence electrons. The van der Waals surface area contributed by atoms with Crippen molar-refractivity contribution in [3.63, 3.8) is 0 Å². The van der Waals surface area contributed by atoms with E-state index in [1.165, 1.54) is 0 Å². The summed E-state index contributed by atoms with van der Waals surface area (Å²) in [6.07, 6.45) is 3.57. The molecule has 0 fully saturated rings. The van der Waals surface area contributed by atoms with Crippen molar-refractivity contribution in [2.75, 3.05) is 14.2 Å². The average molecular weight is 355 g/mol. The van der Waals surface area contributed by atoms with E-state index in [0.717, 1.165) is 46.5 Å². The van der Waals surface area contributed by atoms with E-state index in [1.807, 2.05) is 28.8 Å². The molecule has 0 bridgehead atoms. The molecular weight excluding hydrogens is 338 g/mol. The smallest absolute Gasteiger partial charge is 0.119 e. The molecule has 27 heavy (non-hydrogen) atoms. The molecule has 1 heterocycles. The zero-order valence-corrected chi connectivity index (χ0v) is 15.1. The van der Waals surface area contributed by atoms with Gasteiger partial charge in [0.2, 0.25) is 0 Å². The number of allylic oxidation sites excluding steroid dienone is 1. The van der Waals surface area contributed by atoms with Crippen molar-refractivity contribution in [1.82, 2.24) is 4.57 Å². The van der Waals surface area contributed by atoms with E-state index >= 15 is 0 Å². The van der Waals surface area contributed by atoms with Crippen LogP contribution >= 0.6 is 0 Å². The van der Waals surface area contributed by atoms with Gasteiger partial charge in [-0.05, 0) is 42.8 Å². The second-order valence-corrected chi connectivity index (χ2v) is 6.32. The van der Waals surface area contributed by atoms with Crippen LogP contribution in [0, 0.1) is 22.7 Å². The molecule has 1 aromatic heterocycles. The summed E-state index contributed by atoms with van der Waals surface area (Å²) in [5.74, 6) is 1.67. The van der Waals surface area contributed by atoms with Crippen LogP contribution < -0.4 is 4.74 Å². The van der Waals surface area contributed by atoms with Crippen LogP contribution in [-0.4, -0.2) is 18.8 Å². The highest BCUT2D eigenvalue weighted by atomic mass is 16.5. The first-order valence-corrected chi connectivity index (χ1v) is 8.61. The van der Waals surface area contributed by atoms with Gasteiger partial charge in [-0.15, -0.1) is 0 Å². The Kier molecular flexibility index (Phi) is 4.06. The van der Waals surface area contributed by atoms with Gasteiger partial charge in [-0.3, -0.25) is 0 Å². The lowest BCUT2D eigenvalue weighted by molar-refractivity contribution is 0.279. The number of rotatable bonds is 3. The summed E-state index contributed by atoms with van der Waals surface area (Å²) < 4.78 is 12.9. The van der Waals surface area contributed by atoms with E-state index in [4.69, 9.17) is 9.47 Å². The molecule has 0 aliphatic heterocycles. The third-order valence-corrected chi connectivity index (χ3v) is 4.99. The first-order valence-electron chi connectivity index (χ1n) is 8.61. The molecule has 0 saturated carbocycles. The molecule has 0 atom stereocenters. The number of ether oxygens (including phenoxy) is 2. The fraction of sp³-hybridized carbons (Fsp3) is 0.182. The van der Waals surface area contributed by atoms with Gasteiger partial charge in [0.15, 0.2) is 0 Å². The van der Waals surface area contributed by atoms with Crippen LogP contribution in [0.5, 0.6) is 5.75 Å². The minimum atomic E-state index is 0.478. The van der Waals surface area contributed by atoms with Gasteiger partial charge < -0.3 is 14.0 Å². The van der Waals surface area contributed by atoms with Gasteiger partial charge >= 0.3 is 0 Å². The van der Waals surface area contributed by atoms with Crippen molar-refractivity contribution in [3.8, 4) is 23.6 Å². The molecule has 0 amide bonds. The standard InChI is InChI=1S/C22H17N3O2/c1-26-16-6-8-20-18(10-16)19-11-17(27-2)7-9-21(19)25(20)22-14(12-23)4-3-5-15(22)13-24/h3-6,8,10-11H,7,9H2,1-2H3. The number of fused-ring (bicyclic) bond motifs is 3. The van der Waals surface area contributed by atoms with E-state index in [1.54, 1.807) is 32.4 Å². The Bertz CT molecular complexity index is 1140. The Morgan fingerprint density at radius 2 is 1.70 bits per heavy atom. The normalized spacial score (nSPS) is 12.7. The van der Waals surface area contributed by atoms with Crippen molar-refractivity contribution in [3.05, 3.63) is 64.5 Å². The summed E-state index contributed by atoms with van der Waals surface area (Å²) in [5.41, 5.74) is 4.64. The monoisotopic (exact) mass is 355 g/mol. The van der Waals surface area contributed by atoms with E-state index in [0.29, 0.717) is 16.8 Å². The van der Waals surface area contributed by atoms with Gasteiger partial charge in [-0.25, -0.2) is 0 Å². The first-order chi connectivity index (χ1) is 13.2. The number of para-hydroxylation sites is 1. The molecule has 0 unspecified atom stereocenters. The minimum absolute atomic E-state index is 0.478. The van der Waals surface area contributed by atoms with Crippen LogP contribution in [0.4, 0.5) is 0 Å². The highest BCUT2D eigenvalue weighted by Gasteiger charge is 2.24. The van der Waals surface area contributed by atoms with Crippen molar-refractivity contribution in [2.45, 2.75) is 12.8 Å². The summed E-state index contributed by atoms with van der Waals surface area (Å²) >= 11 is 0. The number of methoxy groups -OCH3 is 2. The maximum Gasteiger partial charge on any atom is 0.119 e. The van der Waals surface area contributed by atoms with E-state index in [-0.39, 0.29) is 0 Å². The Morgan fingerprint density at radius 1 is 0.963 bits per heavy atom. The molecule has 0 N–H and O–H groups in total. The minimum Gasteiger partial charge on any atom is -0.501 e. The summed E-state index contributed by atoms with van der Waals surface area (Å²) in [7, 11) is 3.31. The van der Waals surface area contributed by atoms with Crippen LogP contribution in [0.1, 0.15) is 28.8 Å². The number of benzene rings is 2. The third-order valence-electron chi connectivity index (χ3n) is 4.99. The predicted octanol–water partition coefficient (Wildman–Crippen LogP) is 4.32. The van der Waals surface area contributed by atoms with Gasteiger partial charge in [0.05, 0.1) is 42.3 Å². The lowest BCUT2D eigenvalue weighted by atomic mass is 10.0. The van der Waals surface area contributed by atoms with Gasteiger partial charge in [0.1, 0.15) is 17.9 Å². The highest BCUT2D eigenvalue weighted by Crippen LogP contribution is 2.38. The quantitative estimate of drug-likeness (QED) is 0.702. The number of nitrogens with zero attached hydrogens (tertiary/aromatic N) is 3. The van der Waals surface area contributed by atoms with Crippen molar-refractivity contribution >= 4 is 17.0 Å². The van der Waals surface area contributed by atoms with Crippen LogP contribution in [0.15, 0.2) is 42.2 Å². The lowest BCUT2D eigenvalue weighted by Crippen LogP contribution is -2.08. The summed E-state index contributed by atoms with van der Waals surface area (Å²) in [5, 5.41) is 20.3. The Balaban J connectivity index is 2.15. The Labute approximate surface area is 157 Å². The second kappa shape index (κ2) is 6.55. The fourth-order valence-corrected chi connectivity index (χ4v) is 3.74. The maximum atomic E-state index is 9.65. The molecule has 4 rings (SSSR count). The van der Waals surface area contributed by atoms with Crippen LogP contribution in [0.2, 0.25) is 0 Å². The van der Waals surface area contributed by atoms with Crippen LogP contribution in [-0.2, 0) is 11.2 Å². The highest BCUT2D eigenvalue weighted by molar-refractivity contribution is 5.95. The van der Waals surface area contributed by atoms with Gasteiger partial charge in [0.25, 0.3) is 0 Å². The summed E-state index contributed by atoms with van der Waals surface area (Å²) in [4.78, 5) is 0. The Hall–Kier alpha value is -3.70. The van der Waals surface area contributed by atoms with E-state index in [2.05, 4.69) is 12.1 Å². The van der Waals surface area contributed by atoms with Crippen molar-refractivity contribution in [1.29, 1.82) is 10.5 Å². The van der Waals surface area contributed by atoms with Gasteiger partial charge in [-0.1, -0.05) is 6.07 Å². The molecule has 2 aromatic carbocycles. The zero-order chi connectivity index (χ0) is 19.0. The van der Waals surface area contributed by atoms with Gasteiger partial charge in [-0.2, -0.15) is 10.5 Å². The Morgan fingerprint density at radius 3 is 2.33 bits per heavy atom. The molecule has 0 spiro atoms. The lowest BCUT2D eigenvalue weighted by Gasteiger charge is -2.18. The van der Waals surface area contributed by atoms with E-state index in [9.17, 15) is 10.5 Å². The summed E-state index contributed by atoms with van der Waals surface area (Å²) in [6.45, 7) is 0. The molecule has 0 saturated heterocycles. The third kappa shape index (κ3) is 2.53.